The van der Waals surface area contributed by atoms with Crippen molar-refractivity contribution in [1.29, 1.82) is 0 Å². The number of carbonyl (C=O) groups is 1. The third kappa shape index (κ3) is 4.56. The van der Waals surface area contributed by atoms with Crippen LogP contribution in [0.15, 0.2) is 18.2 Å². The first-order valence-corrected chi connectivity index (χ1v) is 8.98. The average molecular weight is 368 g/mol. The molecule has 22 heavy (non-hydrogen) atoms. The van der Waals surface area contributed by atoms with Gasteiger partial charge in [0.1, 0.15) is 6.61 Å². The Morgan fingerprint density at radius 2 is 2.18 bits per heavy atom. The predicted molar refractivity (Wildman–Crippen MR) is 94.9 cm³/mol. The zero-order chi connectivity index (χ0) is 16.1. The lowest BCUT2D eigenvalue weighted by atomic mass is 9.96. The molecule has 1 amide bonds. The Hall–Kier alpha value is -0.870. The van der Waals surface area contributed by atoms with E-state index in [1.807, 2.05) is 4.90 Å². The van der Waals surface area contributed by atoms with E-state index in [-0.39, 0.29) is 12.5 Å². The zero-order valence-electron chi connectivity index (χ0n) is 13.8. The SMILES string of the molecule is COCC(=O)N1CCCc2cc(CC(Br)CC(C)C)ccc21. The Morgan fingerprint density at radius 3 is 2.86 bits per heavy atom. The van der Waals surface area contributed by atoms with Crippen LogP contribution in [0.25, 0.3) is 0 Å². The third-order valence-electron chi connectivity index (χ3n) is 4.02. The highest BCUT2D eigenvalue weighted by Crippen LogP contribution is 2.29. The highest BCUT2D eigenvalue weighted by molar-refractivity contribution is 9.09. The fourth-order valence-corrected chi connectivity index (χ4v) is 4.21. The summed E-state index contributed by atoms with van der Waals surface area (Å²) in [6.07, 6.45) is 4.29. The Kier molecular flexibility index (Phi) is 6.45. The normalized spacial score (nSPS) is 15.8. The number of ether oxygens (including phenoxy) is 1. The molecule has 0 saturated carbocycles. The molecule has 0 spiro atoms. The number of alkyl halides is 1. The number of rotatable bonds is 6. The second kappa shape index (κ2) is 8.11. The van der Waals surface area contributed by atoms with Crippen molar-refractivity contribution in [3.63, 3.8) is 0 Å². The van der Waals surface area contributed by atoms with Crippen molar-refractivity contribution < 1.29 is 9.53 Å². The van der Waals surface area contributed by atoms with Crippen LogP contribution in [0.4, 0.5) is 5.69 Å². The van der Waals surface area contributed by atoms with E-state index in [1.165, 1.54) is 17.5 Å². The number of benzene rings is 1. The van der Waals surface area contributed by atoms with Crippen LogP contribution < -0.4 is 4.90 Å². The van der Waals surface area contributed by atoms with Gasteiger partial charge in [-0.1, -0.05) is 41.9 Å². The molecule has 0 fully saturated rings. The average Bonchev–Trinajstić information content (AvgIpc) is 2.45. The van der Waals surface area contributed by atoms with Gasteiger partial charge < -0.3 is 9.64 Å². The summed E-state index contributed by atoms with van der Waals surface area (Å²) >= 11 is 3.79. The predicted octanol–water partition coefficient (Wildman–Crippen LogP) is 3.96. The van der Waals surface area contributed by atoms with Gasteiger partial charge in [0.2, 0.25) is 0 Å². The molecular formula is C18H26BrNO2. The number of aryl methyl sites for hydroxylation is 1. The van der Waals surface area contributed by atoms with Gasteiger partial charge in [-0.25, -0.2) is 0 Å². The lowest BCUT2D eigenvalue weighted by Gasteiger charge is -2.30. The van der Waals surface area contributed by atoms with Crippen LogP contribution in [0.3, 0.4) is 0 Å². The Morgan fingerprint density at radius 1 is 1.41 bits per heavy atom. The van der Waals surface area contributed by atoms with Crippen molar-refractivity contribution in [3.8, 4) is 0 Å². The van der Waals surface area contributed by atoms with Crippen LogP contribution in [0.2, 0.25) is 0 Å². The molecule has 1 aromatic rings. The van der Waals surface area contributed by atoms with E-state index < -0.39 is 0 Å². The summed E-state index contributed by atoms with van der Waals surface area (Å²) in [7, 11) is 1.57. The Balaban J connectivity index is 2.12. The van der Waals surface area contributed by atoms with E-state index in [9.17, 15) is 4.79 Å². The number of anilines is 1. The molecule has 0 aromatic heterocycles. The van der Waals surface area contributed by atoms with Crippen LogP contribution in [-0.4, -0.2) is 31.0 Å². The lowest BCUT2D eigenvalue weighted by Crippen LogP contribution is -2.37. The maximum absolute atomic E-state index is 12.1. The van der Waals surface area contributed by atoms with Gasteiger partial charge in [0.25, 0.3) is 5.91 Å². The topological polar surface area (TPSA) is 29.5 Å². The van der Waals surface area contributed by atoms with Gasteiger partial charge >= 0.3 is 0 Å². The van der Waals surface area contributed by atoms with Gasteiger partial charge in [-0.3, -0.25) is 4.79 Å². The monoisotopic (exact) mass is 367 g/mol. The van der Waals surface area contributed by atoms with Crippen molar-refractivity contribution in [2.45, 2.75) is 44.4 Å². The highest BCUT2D eigenvalue weighted by Gasteiger charge is 2.22. The molecule has 4 heteroatoms. The van der Waals surface area contributed by atoms with E-state index in [4.69, 9.17) is 4.74 Å². The molecule has 1 unspecified atom stereocenters. The van der Waals surface area contributed by atoms with E-state index in [1.54, 1.807) is 7.11 Å². The number of methoxy groups -OCH3 is 1. The molecule has 1 atom stereocenters. The smallest absolute Gasteiger partial charge is 0.252 e. The van der Waals surface area contributed by atoms with E-state index in [0.29, 0.717) is 10.7 Å². The first-order chi connectivity index (χ1) is 10.5. The lowest BCUT2D eigenvalue weighted by molar-refractivity contribution is -0.122. The summed E-state index contributed by atoms with van der Waals surface area (Å²) in [6, 6.07) is 6.54. The number of hydrogen-bond acceptors (Lipinski definition) is 2. The minimum Gasteiger partial charge on any atom is -0.375 e. The van der Waals surface area contributed by atoms with Crippen molar-refractivity contribution in [1.82, 2.24) is 0 Å². The molecule has 1 heterocycles. The van der Waals surface area contributed by atoms with Gasteiger partial charge in [-0.2, -0.15) is 0 Å². The first-order valence-electron chi connectivity index (χ1n) is 8.06. The van der Waals surface area contributed by atoms with Crippen LogP contribution in [0.1, 0.15) is 37.8 Å². The first kappa shape index (κ1) is 17.5. The fraction of sp³-hybridized carbons (Fsp3) is 0.611. The molecule has 0 N–H and O–H groups in total. The molecule has 1 aliphatic heterocycles. The summed E-state index contributed by atoms with van der Waals surface area (Å²) in [5.74, 6) is 0.749. The number of fused-ring (bicyclic) bond motifs is 1. The highest BCUT2D eigenvalue weighted by atomic mass is 79.9. The summed E-state index contributed by atoms with van der Waals surface area (Å²) in [6.45, 7) is 5.45. The number of carbonyl (C=O) groups excluding carboxylic acids is 1. The maximum atomic E-state index is 12.1. The van der Waals surface area contributed by atoms with Gasteiger partial charge in [0.05, 0.1) is 0 Å². The number of halogens is 1. The number of hydrogen-bond donors (Lipinski definition) is 0. The zero-order valence-corrected chi connectivity index (χ0v) is 15.4. The van der Waals surface area contributed by atoms with Gasteiger partial charge in [0.15, 0.2) is 0 Å². The minimum atomic E-state index is 0.0503. The largest absolute Gasteiger partial charge is 0.375 e. The quantitative estimate of drug-likeness (QED) is 0.712. The Labute approximate surface area is 142 Å². The number of nitrogens with zero attached hydrogens (tertiary/aromatic N) is 1. The maximum Gasteiger partial charge on any atom is 0.252 e. The molecule has 0 aliphatic carbocycles. The van der Waals surface area contributed by atoms with Crippen LogP contribution >= 0.6 is 15.9 Å². The number of amides is 1. The Bertz CT molecular complexity index is 516. The summed E-state index contributed by atoms with van der Waals surface area (Å²) in [4.78, 5) is 14.5. The standard InChI is InChI=1S/C18H26BrNO2/c1-13(2)9-16(19)11-14-6-7-17-15(10-14)5-4-8-20(17)18(21)12-22-3/h6-7,10,13,16H,4-5,8-9,11-12H2,1-3H3. The molecule has 0 saturated heterocycles. The van der Waals surface area contributed by atoms with Crippen molar-refractivity contribution in [3.05, 3.63) is 29.3 Å². The second-order valence-corrected chi connectivity index (χ2v) is 7.77. The fourth-order valence-electron chi connectivity index (χ4n) is 3.09. The molecule has 2 rings (SSSR count). The van der Waals surface area contributed by atoms with E-state index in [0.717, 1.165) is 31.5 Å². The van der Waals surface area contributed by atoms with Crippen molar-refractivity contribution in [2.24, 2.45) is 5.92 Å². The molecule has 122 valence electrons. The molecule has 0 radical (unpaired) electrons. The minimum absolute atomic E-state index is 0.0503. The summed E-state index contributed by atoms with van der Waals surface area (Å²) < 4.78 is 4.99. The van der Waals surface area contributed by atoms with E-state index in [2.05, 4.69) is 48.0 Å². The van der Waals surface area contributed by atoms with Crippen LogP contribution in [0.5, 0.6) is 0 Å². The molecule has 1 aromatic carbocycles. The molecular weight excluding hydrogens is 342 g/mol. The van der Waals surface area contributed by atoms with E-state index >= 15 is 0 Å². The van der Waals surface area contributed by atoms with Crippen molar-refractivity contribution >= 4 is 27.5 Å². The molecule has 3 nitrogen and oxygen atoms in total. The van der Waals surface area contributed by atoms with Crippen molar-refractivity contribution in [2.75, 3.05) is 25.2 Å². The van der Waals surface area contributed by atoms with Gasteiger partial charge in [-0.15, -0.1) is 0 Å². The molecule has 0 bridgehead atoms. The second-order valence-electron chi connectivity index (χ2n) is 6.48. The third-order valence-corrected chi connectivity index (χ3v) is 4.71. The summed E-state index contributed by atoms with van der Waals surface area (Å²) in [5, 5.41) is 0. The van der Waals surface area contributed by atoms with Crippen LogP contribution in [-0.2, 0) is 22.4 Å². The van der Waals surface area contributed by atoms with Gasteiger partial charge in [-0.05, 0) is 48.8 Å². The molecule has 1 aliphatic rings. The summed E-state index contributed by atoms with van der Waals surface area (Å²) in [5.41, 5.74) is 3.70. The van der Waals surface area contributed by atoms with Crippen LogP contribution in [0, 0.1) is 5.92 Å². The van der Waals surface area contributed by atoms with Gasteiger partial charge in [0, 0.05) is 24.2 Å².